The van der Waals surface area contributed by atoms with Gasteiger partial charge in [-0.2, -0.15) is 0 Å². The third-order valence-electron chi connectivity index (χ3n) is 3.10. The van der Waals surface area contributed by atoms with Gasteiger partial charge < -0.3 is 9.94 Å². The van der Waals surface area contributed by atoms with Gasteiger partial charge in [-0.25, -0.2) is 0 Å². The Labute approximate surface area is 109 Å². The Balaban J connectivity index is 2.12. The summed E-state index contributed by atoms with van der Waals surface area (Å²) in [6.07, 6.45) is 1.30. The van der Waals surface area contributed by atoms with E-state index in [0.717, 1.165) is 5.56 Å². The predicted octanol–water partition coefficient (Wildman–Crippen LogP) is 2.62. The molecule has 2 aromatic carbocycles. The molecule has 0 bridgehead atoms. The molecule has 0 radical (unpaired) electrons. The fourth-order valence-electron chi connectivity index (χ4n) is 2.16. The van der Waals surface area contributed by atoms with Gasteiger partial charge in [0.15, 0.2) is 5.78 Å². The SMILES string of the molecule is O=C1c2ccccc2COc2cc(C=NO)ccc21. The maximum atomic E-state index is 12.4. The summed E-state index contributed by atoms with van der Waals surface area (Å²) in [5.41, 5.74) is 2.76. The van der Waals surface area contributed by atoms with Crippen molar-refractivity contribution in [3.8, 4) is 5.75 Å². The van der Waals surface area contributed by atoms with Gasteiger partial charge in [0, 0.05) is 11.1 Å². The van der Waals surface area contributed by atoms with E-state index in [1.54, 1.807) is 24.3 Å². The van der Waals surface area contributed by atoms with Crippen molar-refractivity contribution in [1.82, 2.24) is 0 Å². The first kappa shape index (κ1) is 11.5. The largest absolute Gasteiger partial charge is 0.488 e. The van der Waals surface area contributed by atoms with Gasteiger partial charge in [0.1, 0.15) is 12.4 Å². The minimum Gasteiger partial charge on any atom is -0.488 e. The van der Waals surface area contributed by atoms with Crippen molar-refractivity contribution >= 4 is 12.0 Å². The molecule has 0 saturated carbocycles. The van der Waals surface area contributed by atoms with Crippen molar-refractivity contribution in [1.29, 1.82) is 0 Å². The molecule has 4 nitrogen and oxygen atoms in total. The van der Waals surface area contributed by atoms with Crippen LogP contribution in [0.1, 0.15) is 27.0 Å². The fraction of sp³-hybridized carbons (Fsp3) is 0.0667. The number of carbonyl (C=O) groups is 1. The van der Waals surface area contributed by atoms with Crippen LogP contribution in [0.15, 0.2) is 47.6 Å². The van der Waals surface area contributed by atoms with E-state index in [-0.39, 0.29) is 5.78 Å². The molecule has 0 fully saturated rings. The highest BCUT2D eigenvalue weighted by atomic mass is 16.5. The molecule has 3 rings (SSSR count). The second-order valence-corrected chi connectivity index (χ2v) is 4.28. The van der Waals surface area contributed by atoms with Gasteiger partial charge in [-0.1, -0.05) is 35.5 Å². The Kier molecular flexibility index (Phi) is 2.76. The molecule has 0 amide bonds. The Hall–Kier alpha value is -2.62. The molecular formula is C15H11NO3. The van der Waals surface area contributed by atoms with Gasteiger partial charge in [0.05, 0.1) is 11.8 Å². The van der Waals surface area contributed by atoms with Crippen molar-refractivity contribution in [3.05, 3.63) is 64.7 Å². The van der Waals surface area contributed by atoms with E-state index in [4.69, 9.17) is 9.94 Å². The summed E-state index contributed by atoms with van der Waals surface area (Å²) in [5, 5.41) is 11.5. The van der Waals surface area contributed by atoms with Crippen molar-refractivity contribution in [2.45, 2.75) is 6.61 Å². The minimum absolute atomic E-state index is 0.0458. The summed E-state index contributed by atoms with van der Waals surface area (Å²) < 4.78 is 5.67. The molecule has 1 N–H and O–H groups in total. The third kappa shape index (κ3) is 1.97. The summed E-state index contributed by atoms with van der Waals surface area (Å²) in [6.45, 7) is 0.356. The van der Waals surface area contributed by atoms with Crippen LogP contribution >= 0.6 is 0 Å². The van der Waals surface area contributed by atoms with Crippen LogP contribution in [0.3, 0.4) is 0 Å². The molecular weight excluding hydrogens is 242 g/mol. The number of hydrogen-bond donors (Lipinski definition) is 1. The van der Waals surface area contributed by atoms with Crippen LogP contribution < -0.4 is 4.74 Å². The van der Waals surface area contributed by atoms with E-state index >= 15 is 0 Å². The summed E-state index contributed by atoms with van der Waals surface area (Å²) >= 11 is 0. The first-order chi connectivity index (χ1) is 9.29. The smallest absolute Gasteiger partial charge is 0.197 e. The number of nitrogens with zero attached hydrogens (tertiary/aromatic N) is 1. The number of hydrogen-bond acceptors (Lipinski definition) is 4. The standard InChI is InChI=1S/C15H11NO3/c17-15-12-4-2-1-3-11(12)9-19-14-7-10(8-16-18)5-6-13(14)15/h1-8,18H,9H2. The average Bonchev–Trinajstić information content (AvgIpc) is 2.58. The van der Waals surface area contributed by atoms with Crippen LogP contribution in [0.5, 0.6) is 5.75 Å². The molecule has 4 heteroatoms. The Bertz CT molecular complexity index is 677. The molecule has 0 atom stereocenters. The third-order valence-corrected chi connectivity index (χ3v) is 3.10. The molecule has 0 saturated heterocycles. The number of oxime groups is 1. The lowest BCUT2D eigenvalue weighted by molar-refractivity contribution is 0.103. The molecule has 1 heterocycles. The number of rotatable bonds is 1. The monoisotopic (exact) mass is 253 g/mol. The molecule has 19 heavy (non-hydrogen) atoms. The molecule has 0 aromatic heterocycles. The molecule has 1 aliphatic heterocycles. The van der Waals surface area contributed by atoms with E-state index in [9.17, 15) is 4.79 Å². The minimum atomic E-state index is -0.0458. The normalized spacial score (nSPS) is 13.6. The lowest BCUT2D eigenvalue weighted by Crippen LogP contribution is -2.02. The van der Waals surface area contributed by atoms with Gasteiger partial charge in [-0.3, -0.25) is 4.79 Å². The van der Waals surface area contributed by atoms with E-state index in [1.165, 1.54) is 6.21 Å². The van der Waals surface area contributed by atoms with Gasteiger partial charge in [-0.15, -0.1) is 0 Å². The van der Waals surface area contributed by atoms with Crippen LogP contribution in [0.25, 0.3) is 0 Å². The summed E-state index contributed by atoms with van der Waals surface area (Å²) in [6, 6.07) is 12.5. The van der Waals surface area contributed by atoms with E-state index < -0.39 is 0 Å². The molecule has 1 aliphatic rings. The topological polar surface area (TPSA) is 58.9 Å². The quantitative estimate of drug-likeness (QED) is 0.483. The number of benzene rings is 2. The lowest BCUT2D eigenvalue weighted by Gasteiger charge is -2.06. The highest BCUT2D eigenvalue weighted by molar-refractivity contribution is 6.12. The zero-order chi connectivity index (χ0) is 13.2. The van der Waals surface area contributed by atoms with Crippen LogP contribution in [-0.4, -0.2) is 17.2 Å². The summed E-state index contributed by atoms with van der Waals surface area (Å²) in [4.78, 5) is 12.4. The molecule has 94 valence electrons. The Morgan fingerprint density at radius 3 is 2.84 bits per heavy atom. The molecule has 0 aliphatic carbocycles. The molecule has 2 aromatic rings. The highest BCUT2D eigenvalue weighted by Crippen LogP contribution is 2.28. The van der Waals surface area contributed by atoms with Crippen LogP contribution in [0, 0.1) is 0 Å². The highest BCUT2D eigenvalue weighted by Gasteiger charge is 2.21. The van der Waals surface area contributed by atoms with Gasteiger partial charge in [-0.05, 0) is 17.7 Å². The first-order valence-electron chi connectivity index (χ1n) is 5.86. The fourth-order valence-corrected chi connectivity index (χ4v) is 2.16. The molecule has 0 spiro atoms. The van der Waals surface area contributed by atoms with Crippen molar-refractivity contribution in [3.63, 3.8) is 0 Å². The van der Waals surface area contributed by atoms with Gasteiger partial charge in [0.2, 0.25) is 0 Å². The number of ether oxygens (including phenoxy) is 1. The van der Waals surface area contributed by atoms with E-state index in [2.05, 4.69) is 5.16 Å². The second kappa shape index (κ2) is 4.57. The van der Waals surface area contributed by atoms with Crippen molar-refractivity contribution in [2.24, 2.45) is 5.16 Å². The zero-order valence-corrected chi connectivity index (χ0v) is 10.0. The maximum absolute atomic E-state index is 12.4. The van der Waals surface area contributed by atoms with Crippen molar-refractivity contribution in [2.75, 3.05) is 0 Å². The van der Waals surface area contributed by atoms with Crippen LogP contribution in [-0.2, 0) is 6.61 Å². The summed E-state index contributed by atoms with van der Waals surface area (Å²) in [5.74, 6) is 0.467. The number of ketones is 1. The van der Waals surface area contributed by atoms with Crippen molar-refractivity contribution < 1.29 is 14.7 Å². The second-order valence-electron chi connectivity index (χ2n) is 4.28. The average molecular weight is 253 g/mol. The number of fused-ring (bicyclic) bond motifs is 2. The first-order valence-corrected chi connectivity index (χ1v) is 5.86. The maximum Gasteiger partial charge on any atom is 0.197 e. The number of carbonyl (C=O) groups excluding carboxylic acids is 1. The Morgan fingerprint density at radius 1 is 1.16 bits per heavy atom. The molecule has 0 unspecified atom stereocenters. The zero-order valence-electron chi connectivity index (χ0n) is 10.0. The van der Waals surface area contributed by atoms with E-state index in [0.29, 0.717) is 29.0 Å². The summed E-state index contributed by atoms with van der Waals surface area (Å²) in [7, 11) is 0. The van der Waals surface area contributed by atoms with Gasteiger partial charge in [0.25, 0.3) is 0 Å². The Morgan fingerprint density at radius 2 is 2.00 bits per heavy atom. The lowest BCUT2D eigenvalue weighted by atomic mass is 9.98. The predicted molar refractivity (Wildman–Crippen MR) is 70.0 cm³/mol. The van der Waals surface area contributed by atoms with E-state index in [1.807, 2.05) is 18.2 Å². The van der Waals surface area contributed by atoms with Crippen LogP contribution in [0.4, 0.5) is 0 Å². The van der Waals surface area contributed by atoms with Gasteiger partial charge >= 0.3 is 0 Å². The van der Waals surface area contributed by atoms with Crippen LogP contribution in [0.2, 0.25) is 0 Å².